The van der Waals surface area contributed by atoms with Crippen LogP contribution < -0.4 is 4.90 Å². The van der Waals surface area contributed by atoms with Crippen molar-refractivity contribution in [1.29, 1.82) is 0 Å². The van der Waals surface area contributed by atoms with Crippen LogP contribution in [0.4, 0.5) is 0 Å². The number of aryl methyl sites for hydroxylation is 1. The van der Waals surface area contributed by atoms with Crippen LogP contribution in [0.15, 0.2) is 54.7 Å². The maximum atomic E-state index is 4.93. The van der Waals surface area contributed by atoms with E-state index in [4.69, 9.17) is 4.98 Å². The van der Waals surface area contributed by atoms with Crippen LogP contribution in [0.2, 0.25) is 0 Å². The van der Waals surface area contributed by atoms with Crippen LogP contribution in [0.1, 0.15) is 19.4 Å². The van der Waals surface area contributed by atoms with Gasteiger partial charge in [-0.3, -0.25) is 4.40 Å². The summed E-state index contributed by atoms with van der Waals surface area (Å²) in [6.45, 7) is 11.0. The van der Waals surface area contributed by atoms with Crippen molar-refractivity contribution in [1.82, 2.24) is 14.0 Å². The zero-order chi connectivity index (χ0) is 18.1. The summed E-state index contributed by atoms with van der Waals surface area (Å²) in [4.78, 5) is 6.54. The fourth-order valence-corrected chi connectivity index (χ4v) is 3.70. The van der Waals surface area contributed by atoms with Crippen LogP contribution in [-0.4, -0.2) is 33.6 Å². The molecule has 1 N–H and O–H groups in total. The number of rotatable bonds is 6. The molecule has 4 nitrogen and oxygen atoms in total. The number of imidazole rings is 2. The fraction of sp³-hybridized carbons (Fsp3) is 0.318. The summed E-state index contributed by atoms with van der Waals surface area (Å²) < 4.78 is 4.62. The Bertz CT molecular complexity index is 1020. The molecule has 0 fully saturated rings. The SMILES string of the molecule is CC[NH+](CC)CCn1c(-c2ccc(C)cc2)cn2c3ccccc3nc12. The predicted molar refractivity (Wildman–Crippen MR) is 108 cm³/mol. The molecule has 26 heavy (non-hydrogen) atoms. The lowest BCUT2D eigenvalue weighted by molar-refractivity contribution is -0.897. The van der Waals surface area contributed by atoms with E-state index in [0.29, 0.717) is 0 Å². The van der Waals surface area contributed by atoms with Crippen LogP contribution in [0.5, 0.6) is 0 Å². The average Bonchev–Trinajstić information content (AvgIpc) is 3.20. The van der Waals surface area contributed by atoms with Gasteiger partial charge in [-0.05, 0) is 38.5 Å². The third-order valence-electron chi connectivity index (χ3n) is 5.40. The molecular formula is C22H27N4+. The van der Waals surface area contributed by atoms with E-state index in [9.17, 15) is 0 Å². The van der Waals surface area contributed by atoms with Crippen molar-refractivity contribution in [2.45, 2.75) is 27.3 Å². The van der Waals surface area contributed by atoms with Crippen molar-refractivity contribution in [2.75, 3.05) is 19.6 Å². The Kier molecular flexibility index (Phi) is 4.51. The highest BCUT2D eigenvalue weighted by atomic mass is 15.2. The van der Waals surface area contributed by atoms with E-state index in [1.165, 1.54) is 22.3 Å². The Morgan fingerprint density at radius 3 is 2.42 bits per heavy atom. The minimum absolute atomic E-state index is 0.972. The molecule has 0 unspecified atom stereocenters. The molecule has 0 spiro atoms. The maximum absolute atomic E-state index is 4.93. The Balaban J connectivity index is 1.85. The monoisotopic (exact) mass is 347 g/mol. The molecule has 0 bridgehead atoms. The predicted octanol–water partition coefficient (Wildman–Crippen LogP) is 3.19. The lowest BCUT2D eigenvalue weighted by Crippen LogP contribution is -3.11. The second-order valence-corrected chi connectivity index (χ2v) is 7.01. The van der Waals surface area contributed by atoms with Gasteiger partial charge in [-0.15, -0.1) is 0 Å². The van der Waals surface area contributed by atoms with Gasteiger partial charge >= 0.3 is 0 Å². The highest BCUT2D eigenvalue weighted by Crippen LogP contribution is 2.26. The van der Waals surface area contributed by atoms with Gasteiger partial charge in [-0.25, -0.2) is 4.98 Å². The first-order valence-corrected chi connectivity index (χ1v) is 9.58. The number of nitrogens with one attached hydrogen (secondary N) is 1. The van der Waals surface area contributed by atoms with Crippen molar-refractivity contribution in [3.8, 4) is 11.3 Å². The van der Waals surface area contributed by atoms with Crippen LogP contribution in [0, 0.1) is 6.92 Å². The third-order valence-corrected chi connectivity index (χ3v) is 5.40. The van der Waals surface area contributed by atoms with E-state index in [1.54, 1.807) is 4.90 Å². The number of quaternary nitrogens is 1. The molecule has 0 aliphatic heterocycles. The van der Waals surface area contributed by atoms with Crippen LogP contribution in [0.3, 0.4) is 0 Å². The molecule has 0 amide bonds. The van der Waals surface area contributed by atoms with E-state index >= 15 is 0 Å². The van der Waals surface area contributed by atoms with E-state index in [1.807, 2.05) is 0 Å². The summed E-state index contributed by atoms with van der Waals surface area (Å²) in [7, 11) is 0. The zero-order valence-corrected chi connectivity index (χ0v) is 15.9. The molecule has 0 saturated carbocycles. The second kappa shape index (κ2) is 6.96. The van der Waals surface area contributed by atoms with E-state index < -0.39 is 0 Å². The van der Waals surface area contributed by atoms with Crippen LogP contribution in [0.25, 0.3) is 28.1 Å². The highest BCUT2D eigenvalue weighted by Gasteiger charge is 2.16. The molecule has 2 heterocycles. The lowest BCUT2D eigenvalue weighted by Gasteiger charge is -2.17. The molecule has 0 atom stereocenters. The summed E-state index contributed by atoms with van der Waals surface area (Å²) in [5.74, 6) is 1.04. The summed E-state index contributed by atoms with van der Waals surface area (Å²) in [6, 6.07) is 17.2. The number of likely N-dealkylation sites (N-methyl/N-ethyl adjacent to an activating group) is 1. The quantitative estimate of drug-likeness (QED) is 0.570. The summed E-state index contributed by atoms with van der Waals surface area (Å²) in [5.41, 5.74) is 6.01. The summed E-state index contributed by atoms with van der Waals surface area (Å²) in [6.07, 6.45) is 2.24. The summed E-state index contributed by atoms with van der Waals surface area (Å²) >= 11 is 0. The molecule has 134 valence electrons. The Morgan fingerprint density at radius 2 is 1.69 bits per heavy atom. The largest absolute Gasteiger partial charge is 0.334 e. The number of benzene rings is 2. The molecule has 2 aromatic carbocycles. The number of fused-ring (bicyclic) bond motifs is 3. The second-order valence-electron chi connectivity index (χ2n) is 7.01. The van der Waals surface area contributed by atoms with Gasteiger partial charge in [0.15, 0.2) is 0 Å². The standard InChI is InChI=1S/C22H26N4/c1-4-24(5-2)14-15-25-21(18-12-10-17(3)11-13-18)16-26-20-9-7-6-8-19(20)23-22(25)26/h6-13,16H,4-5,14-15H2,1-3H3/p+1. The lowest BCUT2D eigenvalue weighted by atomic mass is 10.1. The number of hydrogen-bond acceptors (Lipinski definition) is 1. The van der Waals surface area contributed by atoms with E-state index in [-0.39, 0.29) is 0 Å². The van der Waals surface area contributed by atoms with Gasteiger partial charge in [0.05, 0.1) is 42.9 Å². The molecule has 0 radical (unpaired) electrons. The Morgan fingerprint density at radius 1 is 0.962 bits per heavy atom. The summed E-state index contributed by atoms with van der Waals surface area (Å²) in [5, 5.41) is 0. The first-order chi connectivity index (χ1) is 12.7. The fourth-order valence-electron chi connectivity index (χ4n) is 3.70. The Labute approximate surface area is 154 Å². The number of para-hydroxylation sites is 2. The van der Waals surface area contributed by atoms with Gasteiger partial charge < -0.3 is 9.47 Å². The zero-order valence-electron chi connectivity index (χ0n) is 15.9. The van der Waals surface area contributed by atoms with Crippen molar-refractivity contribution in [3.05, 3.63) is 60.3 Å². The topological polar surface area (TPSA) is 26.7 Å². The van der Waals surface area contributed by atoms with Gasteiger partial charge in [0.25, 0.3) is 0 Å². The average molecular weight is 347 g/mol. The molecule has 0 saturated heterocycles. The maximum Gasteiger partial charge on any atom is 0.215 e. The van der Waals surface area contributed by atoms with Gasteiger partial charge in [0.1, 0.15) is 0 Å². The van der Waals surface area contributed by atoms with Gasteiger partial charge in [-0.2, -0.15) is 0 Å². The number of aromatic nitrogens is 3. The first kappa shape index (κ1) is 16.9. The van der Waals surface area contributed by atoms with E-state index in [2.05, 4.69) is 84.5 Å². The van der Waals surface area contributed by atoms with Crippen LogP contribution in [-0.2, 0) is 6.54 Å². The highest BCUT2D eigenvalue weighted by molar-refractivity contribution is 5.81. The van der Waals surface area contributed by atoms with Crippen molar-refractivity contribution < 1.29 is 4.90 Å². The molecule has 0 aliphatic carbocycles. The van der Waals surface area contributed by atoms with Gasteiger partial charge in [-0.1, -0.05) is 42.0 Å². The van der Waals surface area contributed by atoms with Crippen LogP contribution >= 0.6 is 0 Å². The Hall–Kier alpha value is -2.59. The normalized spacial score (nSPS) is 11.8. The minimum Gasteiger partial charge on any atom is -0.334 e. The minimum atomic E-state index is 0.972. The molecule has 4 rings (SSSR count). The molecule has 2 aromatic heterocycles. The van der Waals surface area contributed by atoms with Gasteiger partial charge in [0, 0.05) is 6.20 Å². The van der Waals surface area contributed by atoms with Crippen molar-refractivity contribution >= 4 is 16.8 Å². The molecule has 0 aliphatic rings. The smallest absolute Gasteiger partial charge is 0.215 e. The van der Waals surface area contributed by atoms with E-state index in [0.717, 1.165) is 37.5 Å². The van der Waals surface area contributed by atoms with Crippen molar-refractivity contribution in [2.24, 2.45) is 0 Å². The molecule has 4 aromatic rings. The first-order valence-electron chi connectivity index (χ1n) is 9.58. The van der Waals surface area contributed by atoms with Crippen molar-refractivity contribution in [3.63, 3.8) is 0 Å². The third kappa shape index (κ3) is 2.90. The van der Waals surface area contributed by atoms with Gasteiger partial charge in [0.2, 0.25) is 5.78 Å². The number of hydrogen-bond donors (Lipinski definition) is 1. The molecule has 4 heteroatoms. The number of nitrogens with zero attached hydrogens (tertiary/aromatic N) is 3. The molecular weight excluding hydrogens is 320 g/mol.